The number of pyridine rings is 1. The van der Waals surface area contributed by atoms with Crippen molar-refractivity contribution in [3.8, 4) is 5.75 Å². The van der Waals surface area contributed by atoms with Crippen LogP contribution in [-0.2, 0) is 24.2 Å². The molecule has 0 spiro atoms. The summed E-state index contributed by atoms with van der Waals surface area (Å²) in [4.78, 5) is 22.6. The van der Waals surface area contributed by atoms with Crippen molar-refractivity contribution in [2.45, 2.75) is 19.4 Å². The van der Waals surface area contributed by atoms with Gasteiger partial charge in [0.25, 0.3) is 0 Å². The second-order valence-corrected chi connectivity index (χ2v) is 8.31. The Morgan fingerprint density at radius 1 is 1.29 bits per heavy atom. The van der Waals surface area contributed by atoms with Crippen molar-refractivity contribution in [2.24, 2.45) is 0 Å². The van der Waals surface area contributed by atoms with Crippen molar-refractivity contribution in [3.63, 3.8) is 0 Å². The number of H-pyrrole nitrogens is 1. The Bertz CT molecular complexity index is 1320. The van der Waals surface area contributed by atoms with E-state index in [4.69, 9.17) is 9.72 Å². The van der Waals surface area contributed by atoms with Gasteiger partial charge < -0.3 is 14.6 Å². The molecule has 7 heteroatoms. The molecule has 3 heterocycles. The molecule has 2 aromatic heterocycles. The molecule has 5 nitrogen and oxygen atoms in total. The predicted octanol–water partition coefficient (Wildman–Crippen LogP) is 4.73. The number of aromatic nitrogens is 2. The normalized spacial score (nSPS) is 13.6. The van der Waals surface area contributed by atoms with E-state index in [1.54, 1.807) is 6.07 Å². The Balaban J connectivity index is 1.67. The standard InChI is InChI=1S/C24H21BrFN3O2/c1-31-21-7-6-14(10-17(21)26)11-19-24-23(15-4-2-3-5-18(15)28-24)16-8-9-29(22(30)12-25)13-20(16)27-19/h2-7,10,28H,8-9,11-13H2,1H3. The summed E-state index contributed by atoms with van der Waals surface area (Å²) in [5.74, 6) is -0.105. The Kier molecular flexibility index (Phi) is 5.14. The first kappa shape index (κ1) is 20.0. The van der Waals surface area contributed by atoms with Gasteiger partial charge in [-0.25, -0.2) is 4.39 Å². The van der Waals surface area contributed by atoms with Gasteiger partial charge in [0.05, 0.1) is 35.9 Å². The van der Waals surface area contributed by atoms with Crippen LogP contribution in [0.2, 0.25) is 0 Å². The van der Waals surface area contributed by atoms with Crippen molar-refractivity contribution in [1.82, 2.24) is 14.9 Å². The maximum atomic E-state index is 14.3. The summed E-state index contributed by atoms with van der Waals surface area (Å²) in [6, 6.07) is 13.2. The summed E-state index contributed by atoms with van der Waals surface area (Å²) in [6.07, 6.45) is 1.24. The first-order valence-corrected chi connectivity index (χ1v) is 11.3. The molecule has 4 aromatic rings. The molecule has 1 N–H and O–H groups in total. The van der Waals surface area contributed by atoms with Gasteiger partial charge in [-0.2, -0.15) is 0 Å². The third kappa shape index (κ3) is 3.47. The highest BCUT2D eigenvalue weighted by Crippen LogP contribution is 2.35. The number of nitrogens with zero attached hydrogens (tertiary/aromatic N) is 2. The molecular weight excluding hydrogens is 461 g/mol. The Morgan fingerprint density at radius 3 is 2.90 bits per heavy atom. The van der Waals surface area contributed by atoms with Gasteiger partial charge in [-0.1, -0.05) is 40.2 Å². The van der Waals surface area contributed by atoms with Gasteiger partial charge in [0.15, 0.2) is 11.6 Å². The Hall–Kier alpha value is -2.93. The zero-order valence-corrected chi connectivity index (χ0v) is 18.6. The molecule has 0 fully saturated rings. The van der Waals surface area contributed by atoms with Crippen LogP contribution in [0.3, 0.4) is 0 Å². The van der Waals surface area contributed by atoms with E-state index in [2.05, 4.69) is 33.0 Å². The quantitative estimate of drug-likeness (QED) is 0.428. The van der Waals surface area contributed by atoms with Crippen LogP contribution in [0.15, 0.2) is 42.5 Å². The summed E-state index contributed by atoms with van der Waals surface area (Å²) in [7, 11) is 1.46. The highest BCUT2D eigenvalue weighted by molar-refractivity contribution is 9.09. The van der Waals surface area contributed by atoms with E-state index >= 15 is 0 Å². The van der Waals surface area contributed by atoms with Crippen LogP contribution in [0.5, 0.6) is 5.75 Å². The number of amides is 1. The summed E-state index contributed by atoms with van der Waals surface area (Å²) >= 11 is 3.27. The number of fused-ring (bicyclic) bond motifs is 5. The number of carbonyl (C=O) groups excluding carboxylic acids is 1. The van der Waals surface area contributed by atoms with Crippen molar-refractivity contribution in [2.75, 3.05) is 19.0 Å². The molecule has 0 saturated heterocycles. The minimum atomic E-state index is -0.389. The number of hydrogen-bond donors (Lipinski definition) is 1. The van der Waals surface area contributed by atoms with E-state index in [0.717, 1.165) is 45.2 Å². The zero-order chi connectivity index (χ0) is 21.5. The minimum Gasteiger partial charge on any atom is -0.494 e. The van der Waals surface area contributed by atoms with Gasteiger partial charge in [-0.05, 0) is 35.7 Å². The third-order valence-corrected chi connectivity index (χ3v) is 6.42. The molecule has 158 valence electrons. The molecule has 2 aromatic carbocycles. The van der Waals surface area contributed by atoms with Gasteiger partial charge in [0, 0.05) is 29.3 Å². The van der Waals surface area contributed by atoms with Crippen LogP contribution in [0.25, 0.3) is 21.8 Å². The van der Waals surface area contributed by atoms with Crippen LogP contribution in [0, 0.1) is 5.82 Å². The average molecular weight is 482 g/mol. The first-order chi connectivity index (χ1) is 15.1. The zero-order valence-electron chi connectivity index (χ0n) is 17.0. The number of hydrogen-bond acceptors (Lipinski definition) is 3. The summed E-state index contributed by atoms with van der Waals surface area (Å²) < 4.78 is 19.3. The van der Waals surface area contributed by atoms with Gasteiger partial charge >= 0.3 is 0 Å². The molecule has 5 rings (SSSR count). The molecule has 0 unspecified atom stereocenters. The number of alkyl halides is 1. The lowest BCUT2D eigenvalue weighted by Crippen LogP contribution is -2.37. The summed E-state index contributed by atoms with van der Waals surface area (Å²) in [5, 5.41) is 2.62. The topological polar surface area (TPSA) is 58.2 Å². The SMILES string of the molecule is COc1ccc(Cc2nc3c(c4c2[nH]c2ccccc24)CCN(C(=O)CBr)C3)cc1F. The van der Waals surface area contributed by atoms with Gasteiger partial charge in [-0.3, -0.25) is 9.78 Å². The number of aromatic amines is 1. The largest absolute Gasteiger partial charge is 0.494 e. The maximum Gasteiger partial charge on any atom is 0.233 e. The molecule has 1 aliphatic heterocycles. The number of nitrogens with one attached hydrogen (secondary N) is 1. The number of rotatable bonds is 4. The lowest BCUT2D eigenvalue weighted by molar-refractivity contribution is -0.129. The molecule has 0 saturated carbocycles. The average Bonchev–Trinajstić information content (AvgIpc) is 3.18. The van der Waals surface area contributed by atoms with Crippen LogP contribution < -0.4 is 4.74 Å². The molecule has 1 aliphatic rings. The van der Waals surface area contributed by atoms with Gasteiger partial charge in [0.1, 0.15) is 0 Å². The van der Waals surface area contributed by atoms with E-state index < -0.39 is 0 Å². The number of methoxy groups -OCH3 is 1. The predicted molar refractivity (Wildman–Crippen MR) is 122 cm³/mol. The lowest BCUT2D eigenvalue weighted by Gasteiger charge is -2.28. The first-order valence-electron chi connectivity index (χ1n) is 10.2. The summed E-state index contributed by atoms with van der Waals surface area (Å²) in [6.45, 7) is 1.16. The molecule has 1 amide bonds. The highest BCUT2D eigenvalue weighted by Gasteiger charge is 2.26. The van der Waals surface area contributed by atoms with Crippen LogP contribution >= 0.6 is 15.9 Å². The fraction of sp³-hybridized carbons (Fsp3) is 0.250. The van der Waals surface area contributed by atoms with Crippen molar-refractivity contribution in [3.05, 3.63) is 70.8 Å². The fourth-order valence-corrected chi connectivity index (χ4v) is 4.80. The minimum absolute atomic E-state index is 0.0604. The fourth-order valence-electron chi connectivity index (χ4n) is 4.45. The van der Waals surface area contributed by atoms with Crippen molar-refractivity contribution in [1.29, 1.82) is 0 Å². The second kappa shape index (κ2) is 7.96. The maximum absolute atomic E-state index is 14.3. The monoisotopic (exact) mass is 481 g/mol. The van der Waals surface area contributed by atoms with Gasteiger partial charge in [0.2, 0.25) is 5.91 Å². The number of carbonyl (C=O) groups is 1. The second-order valence-electron chi connectivity index (χ2n) is 7.75. The van der Waals surface area contributed by atoms with Crippen molar-refractivity contribution < 1.29 is 13.9 Å². The van der Waals surface area contributed by atoms with E-state index in [0.29, 0.717) is 24.8 Å². The molecule has 0 aliphatic carbocycles. The molecule has 0 bridgehead atoms. The smallest absolute Gasteiger partial charge is 0.233 e. The van der Waals surface area contributed by atoms with E-state index in [9.17, 15) is 9.18 Å². The van der Waals surface area contributed by atoms with Crippen LogP contribution in [-0.4, -0.2) is 39.8 Å². The molecule has 0 atom stereocenters. The third-order valence-electron chi connectivity index (χ3n) is 5.94. The summed E-state index contributed by atoms with van der Waals surface area (Å²) in [5.41, 5.74) is 5.81. The number of halogens is 2. The number of para-hydroxylation sites is 1. The molecular formula is C24H21BrFN3O2. The lowest BCUT2D eigenvalue weighted by atomic mass is 9.96. The number of ether oxygens (including phenoxy) is 1. The van der Waals surface area contributed by atoms with Crippen LogP contribution in [0.1, 0.15) is 22.5 Å². The van der Waals surface area contributed by atoms with E-state index in [1.165, 1.54) is 18.7 Å². The molecule has 0 radical (unpaired) electrons. The van der Waals surface area contributed by atoms with E-state index in [1.807, 2.05) is 23.1 Å². The number of benzene rings is 2. The van der Waals surface area contributed by atoms with Gasteiger partial charge in [-0.15, -0.1) is 0 Å². The molecule has 31 heavy (non-hydrogen) atoms. The van der Waals surface area contributed by atoms with E-state index in [-0.39, 0.29) is 17.5 Å². The highest BCUT2D eigenvalue weighted by atomic mass is 79.9. The van der Waals surface area contributed by atoms with Crippen molar-refractivity contribution >= 4 is 43.6 Å². The van der Waals surface area contributed by atoms with Crippen LogP contribution in [0.4, 0.5) is 4.39 Å². The Morgan fingerprint density at radius 2 is 2.13 bits per heavy atom. The Labute approximate surface area is 187 Å².